The smallest absolute Gasteiger partial charge is 0.226 e. The van der Waals surface area contributed by atoms with Gasteiger partial charge >= 0.3 is 0 Å². The van der Waals surface area contributed by atoms with Crippen molar-refractivity contribution in [3.63, 3.8) is 0 Å². The number of Topliss-reactive ketones (excluding diaryl/α,β-unsaturated/α-hetero) is 1. The lowest BCUT2D eigenvalue weighted by Crippen LogP contribution is -2.31. The number of halogens is 2. The fourth-order valence-corrected chi connectivity index (χ4v) is 5.08. The van der Waals surface area contributed by atoms with Gasteiger partial charge in [-0.05, 0) is 59.5 Å². The Bertz CT molecular complexity index is 1260. The van der Waals surface area contributed by atoms with E-state index in [-0.39, 0.29) is 11.8 Å². The second-order valence-corrected chi connectivity index (χ2v) is 9.13. The van der Waals surface area contributed by atoms with Crippen LogP contribution in [-0.4, -0.2) is 27.2 Å². The number of benzene rings is 2. The third-order valence-electron chi connectivity index (χ3n) is 5.79. The van der Waals surface area contributed by atoms with Crippen molar-refractivity contribution in [2.24, 2.45) is 0 Å². The van der Waals surface area contributed by atoms with Crippen LogP contribution in [0.25, 0.3) is 0 Å². The first-order chi connectivity index (χ1) is 16.1. The van der Waals surface area contributed by atoms with Crippen LogP contribution < -0.4 is 14.8 Å². The largest absolute Gasteiger partial charge is 0.490 e. The van der Waals surface area contributed by atoms with Crippen LogP contribution in [0.3, 0.4) is 0 Å². The molecule has 9 heteroatoms. The van der Waals surface area contributed by atoms with Gasteiger partial charge in [0.2, 0.25) is 5.95 Å². The number of allylic oxidation sites excluding steroid dienone is 2. The third kappa shape index (κ3) is 4.13. The lowest BCUT2D eigenvalue weighted by Gasteiger charge is -2.32. The summed E-state index contributed by atoms with van der Waals surface area (Å²) in [6.07, 6.45) is 3.66. The Labute approximate surface area is 204 Å². The molecule has 33 heavy (non-hydrogen) atoms. The molecule has 1 N–H and O–H groups in total. The minimum Gasteiger partial charge on any atom is -0.490 e. The SMILES string of the molecule is CCOc1cc(C2C3=C(CCCC3=O)Nc3ncnn32)cc(Br)c1OCc1ccccc1Cl. The number of carbonyl (C=O) groups is 1. The molecule has 0 saturated carbocycles. The number of fused-ring (bicyclic) bond motifs is 1. The Morgan fingerprint density at radius 2 is 2.09 bits per heavy atom. The van der Waals surface area contributed by atoms with Crippen molar-refractivity contribution < 1.29 is 14.3 Å². The predicted molar refractivity (Wildman–Crippen MR) is 129 cm³/mol. The van der Waals surface area contributed by atoms with E-state index in [1.54, 1.807) is 4.68 Å². The van der Waals surface area contributed by atoms with Gasteiger partial charge in [0.1, 0.15) is 19.0 Å². The van der Waals surface area contributed by atoms with Crippen molar-refractivity contribution in [3.8, 4) is 11.5 Å². The lowest BCUT2D eigenvalue weighted by atomic mass is 9.85. The van der Waals surface area contributed by atoms with Gasteiger partial charge in [-0.1, -0.05) is 29.8 Å². The highest BCUT2D eigenvalue weighted by atomic mass is 79.9. The number of nitrogens with one attached hydrogen (secondary N) is 1. The van der Waals surface area contributed by atoms with Crippen LogP contribution in [0.4, 0.5) is 5.95 Å². The van der Waals surface area contributed by atoms with Crippen LogP contribution in [0.1, 0.15) is 43.4 Å². The van der Waals surface area contributed by atoms with Gasteiger partial charge in [0.15, 0.2) is 17.3 Å². The van der Waals surface area contributed by atoms with Gasteiger partial charge in [-0.2, -0.15) is 10.1 Å². The highest BCUT2D eigenvalue weighted by Gasteiger charge is 2.36. The standard InChI is InChI=1S/C24H22BrClN4O3/c1-2-32-20-11-15(10-16(25)23(20)33-12-14-6-3-4-7-17(14)26)22-21-18(8-5-9-19(21)31)29-24-27-13-28-30(22)24/h3-4,6-7,10-11,13,22H,2,5,8-9,12H2,1H3,(H,27,28,29). The Hall–Kier alpha value is -2.84. The van der Waals surface area contributed by atoms with E-state index in [4.69, 9.17) is 21.1 Å². The molecule has 170 valence electrons. The van der Waals surface area contributed by atoms with Gasteiger partial charge in [-0.3, -0.25) is 4.79 Å². The number of nitrogens with zero attached hydrogens (tertiary/aromatic N) is 3. The number of carbonyl (C=O) groups excluding carboxylic acids is 1. The summed E-state index contributed by atoms with van der Waals surface area (Å²) in [5, 5.41) is 8.34. The minimum atomic E-state index is -0.389. The van der Waals surface area contributed by atoms with E-state index in [1.807, 2.05) is 43.3 Å². The molecule has 1 aliphatic heterocycles. The zero-order chi connectivity index (χ0) is 22.9. The molecule has 2 aromatic carbocycles. The molecule has 1 aliphatic carbocycles. The zero-order valence-electron chi connectivity index (χ0n) is 18.0. The average molecular weight is 530 g/mol. The summed E-state index contributed by atoms with van der Waals surface area (Å²) in [5.74, 6) is 1.92. The van der Waals surface area contributed by atoms with E-state index < -0.39 is 0 Å². The first kappa shape index (κ1) is 22.0. The summed E-state index contributed by atoms with van der Waals surface area (Å²) in [4.78, 5) is 17.3. The van der Waals surface area contributed by atoms with E-state index in [1.165, 1.54) is 6.33 Å². The first-order valence-corrected chi connectivity index (χ1v) is 12.0. The number of ether oxygens (including phenoxy) is 2. The molecule has 1 aromatic heterocycles. The van der Waals surface area contributed by atoms with Gasteiger partial charge in [-0.15, -0.1) is 0 Å². The number of hydrogen-bond donors (Lipinski definition) is 1. The van der Waals surface area contributed by atoms with Crippen LogP contribution >= 0.6 is 27.5 Å². The highest BCUT2D eigenvalue weighted by Crippen LogP contribution is 2.44. The Balaban J connectivity index is 1.56. The number of anilines is 1. The molecule has 0 fully saturated rings. The Morgan fingerprint density at radius 1 is 1.24 bits per heavy atom. The molecule has 0 amide bonds. The van der Waals surface area contributed by atoms with Gasteiger partial charge in [0, 0.05) is 28.3 Å². The van der Waals surface area contributed by atoms with Crippen molar-refractivity contribution in [2.75, 3.05) is 11.9 Å². The number of hydrogen-bond acceptors (Lipinski definition) is 6. The van der Waals surface area contributed by atoms with Gasteiger partial charge in [0.25, 0.3) is 0 Å². The molecular weight excluding hydrogens is 508 g/mol. The number of aromatic nitrogens is 3. The average Bonchev–Trinajstić information content (AvgIpc) is 3.26. The van der Waals surface area contributed by atoms with Crippen molar-refractivity contribution in [3.05, 3.63) is 74.6 Å². The molecule has 0 bridgehead atoms. The maximum Gasteiger partial charge on any atom is 0.226 e. The summed E-state index contributed by atoms with van der Waals surface area (Å²) < 4.78 is 14.6. The summed E-state index contributed by atoms with van der Waals surface area (Å²) in [7, 11) is 0. The monoisotopic (exact) mass is 528 g/mol. The summed E-state index contributed by atoms with van der Waals surface area (Å²) >= 11 is 9.95. The van der Waals surface area contributed by atoms with E-state index in [0.717, 1.165) is 39.7 Å². The topological polar surface area (TPSA) is 78.3 Å². The highest BCUT2D eigenvalue weighted by molar-refractivity contribution is 9.10. The van der Waals surface area contributed by atoms with Crippen LogP contribution in [-0.2, 0) is 11.4 Å². The zero-order valence-corrected chi connectivity index (χ0v) is 20.3. The van der Waals surface area contributed by atoms with Crippen LogP contribution in [0.5, 0.6) is 11.5 Å². The number of rotatable bonds is 6. The molecule has 0 saturated heterocycles. The second-order valence-electron chi connectivity index (χ2n) is 7.87. The molecule has 2 heterocycles. The molecular formula is C24H22BrClN4O3. The fourth-order valence-electron chi connectivity index (χ4n) is 4.32. The molecule has 1 atom stereocenters. The van der Waals surface area contributed by atoms with Crippen molar-refractivity contribution in [1.29, 1.82) is 0 Å². The van der Waals surface area contributed by atoms with Crippen molar-refractivity contribution in [2.45, 2.75) is 38.8 Å². The maximum absolute atomic E-state index is 13.0. The van der Waals surface area contributed by atoms with Gasteiger partial charge in [0.05, 0.1) is 11.1 Å². The Kier molecular flexibility index (Phi) is 6.12. The van der Waals surface area contributed by atoms with Crippen LogP contribution in [0.15, 0.2) is 58.5 Å². The van der Waals surface area contributed by atoms with E-state index in [9.17, 15) is 4.79 Å². The van der Waals surface area contributed by atoms with Gasteiger partial charge < -0.3 is 14.8 Å². The molecule has 0 radical (unpaired) electrons. The summed E-state index contributed by atoms with van der Waals surface area (Å²) in [6.45, 7) is 2.68. The lowest BCUT2D eigenvalue weighted by molar-refractivity contribution is -0.116. The minimum absolute atomic E-state index is 0.128. The second kappa shape index (κ2) is 9.19. The molecule has 5 rings (SSSR count). The maximum atomic E-state index is 13.0. The first-order valence-electron chi connectivity index (χ1n) is 10.8. The summed E-state index contributed by atoms with van der Waals surface area (Å²) in [6, 6.07) is 11.1. The quantitative estimate of drug-likeness (QED) is 0.442. The number of ketones is 1. The van der Waals surface area contributed by atoms with E-state index in [2.05, 4.69) is 31.3 Å². The Morgan fingerprint density at radius 3 is 2.91 bits per heavy atom. The van der Waals surface area contributed by atoms with E-state index in [0.29, 0.717) is 42.1 Å². The van der Waals surface area contributed by atoms with E-state index >= 15 is 0 Å². The molecule has 1 unspecified atom stereocenters. The van der Waals surface area contributed by atoms with Crippen molar-refractivity contribution >= 4 is 39.3 Å². The van der Waals surface area contributed by atoms with Gasteiger partial charge in [-0.25, -0.2) is 4.68 Å². The molecule has 0 spiro atoms. The molecule has 3 aromatic rings. The van der Waals surface area contributed by atoms with Crippen LogP contribution in [0.2, 0.25) is 5.02 Å². The third-order valence-corrected chi connectivity index (χ3v) is 6.74. The predicted octanol–water partition coefficient (Wildman–Crippen LogP) is 5.69. The molecule has 2 aliphatic rings. The van der Waals surface area contributed by atoms with Crippen molar-refractivity contribution in [1.82, 2.24) is 14.8 Å². The normalized spacial score (nSPS) is 17.3. The van der Waals surface area contributed by atoms with Crippen LogP contribution in [0, 0.1) is 0 Å². The summed E-state index contributed by atoms with van der Waals surface area (Å²) in [5.41, 5.74) is 3.40. The fraction of sp³-hybridized carbons (Fsp3) is 0.292. The molecule has 7 nitrogen and oxygen atoms in total.